The van der Waals surface area contributed by atoms with Gasteiger partial charge in [0.25, 0.3) is 5.91 Å². The third-order valence-electron chi connectivity index (χ3n) is 5.57. The minimum atomic E-state index is -0.127. The van der Waals surface area contributed by atoms with Gasteiger partial charge in [0.05, 0.1) is 18.0 Å². The summed E-state index contributed by atoms with van der Waals surface area (Å²) in [6.07, 6.45) is 5.51. The summed E-state index contributed by atoms with van der Waals surface area (Å²) in [7, 11) is 0. The molecule has 0 aliphatic carbocycles. The SMILES string of the molecule is O=C(CCN1C(=O)COc2ccccc21)NCC(c1ccco1)N1CCCCC1. The second kappa shape index (κ2) is 9.13. The number of nitrogens with zero attached hydrogens (tertiary/aromatic N) is 2. The maximum atomic E-state index is 12.5. The number of piperidine rings is 1. The number of hydrogen-bond acceptors (Lipinski definition) is 5. The van der Waals surface area contributed by atoms with E-state index < -0.39 is 0 Å². The van der Waals surface area contributed by atoms with Crippen molar-refractivity contribution in [3.63, 3.8) is 0 Å². The number of amides is 2. The lowest BCUT2D eigenvalue weighted by Crippen LogP contribution is -2.43. The van der Waals surface area contributed by atoms with Crippen molar-refractivity contribution in [1.82, 2.24) is 10.2 Å². The zero-order valence-electron chi connectivity index (χ0n) is 16.5. The largest absolute Gasteiger partial charge is 0.482 e. The highest BCUT2D eigenvalue weighted by atomic mass is 16.5. The zero-order valence-corrected chi connectivity index (χ0v) is 16.5. The van der Waals surface area contributed by atoms with Crippen molar-refractivity contribution in [2.45, 2.75) is 31.7 Å². The van der Waals surface area contributed by atoms with E-state index in [4.69, 9.17) is 9.15 Å². The minimum absolute atomic E-state index is 0.00810. The second-order valence-electron chi connectivity index (χ2n) is 7.48. The molecule has 29 heavy (non-hydrogen) atoms. The summed E-state index contributed by atoms with van der Waals surface area (Å²) >= 11 is 0. The molecule has 1 atom stereocenters. The molecule has 0 saturated carbocycles. The summed E-state index contributed by atoms with van der Waals surface area (Å²) < 4.78 is 11.1. The van der Waals surface area contributed by atoms with Crippen LogP contribution in [0.15, 0.2) is 47.1 Å². The van der Waals surface area contributed by atoms with Gasteiger partial charge in [-0.05, 0) is 50.2 Å². The Bertz CT molecular complexity index is 830. The van der Waals surface area contributed by atoms with E-state index in [9.17, 15) is 9.59 Å². The number of likely N-dealkylation sites (tertiary alicyclic amines) is 1. The van der Waals surface area contributed by atoms with Gasteiger partial charge in [0.2, 0.25) is 5.91 Å². The van der Waals surface area contributed by atoms with Crippen LogP contribution >= 0.6 is 0 Å². The van der Waals surface area contributed by atoms with Crippen molar-refractivity contribution in [1.29, 1.82) is 0 Å². The first kappa shape index (κ1) is 19.5. The Labute approximate surface area is 170 Å². The number of nitrogens with one attached hydrogen (secondary N) is 1. The summed E-state index contributed by atoms with van der Waals surface area (Å²) in [5.41, 5.74) is 0.721. The van der Waals surface area contributed by atoms with E-state index in [2.05, 4.69) is 10.2 Å². The Morgan fingerprint density at radius 3 is 2.72 bits per heavy atom. The summed E-state index contributed by atoms with van der Waals surface area (Å²) in [6.45, 7) is 2.87. The Kier molecular flexibility index (Phi) is 6.14. The van der Waals surface area contributed by atoms with E-state index in [0.717, 1.165) is 24.5 Å². The van der Waals surface area contributed by atoms with Gasteiger partial charge in [-0.25, -0.2) is 0 Å². The van der Waals surface area contributed by atoms with Crippen LogP contribution in [0.3, 0.4) is 0 Å². The lowest BCUT2D eigenvalue weighted by Gasteiger charge is -2.33. The molecular formula is C22H27N3O4. The molecule has 4 rings (SSSR count). The van der Waals surface area contributed by atoms with Crippen molar-refractivity contribution in [2.24, 2.45) is 0 Å². The number of hydrogen-bond donors (Lipinski definition) is 1. The molecule has 2 aromatic rings. The molecule has 154 valence electrons. The molecule has 0 bridgehead atoms. The van der Waals surface area contributed by atoms with Gasteiger partial charge in [-0.1, -0.05) is 18.6 Å². The Morgan fingerprint density at radius 2 is 1.93 bits per heavy atom. The van der Waals surface area contributed by atoms with Crippen molar-refractivity contribution >= 4 is 17.5 Å². The monoisotopic (exact) mass is 397 g/mol. The number of para-hydroxylation sites is 2. The molecule has 1 fully saturated rings. The molecule has 7 nitrogen and oxygen atoms in total. The van der Waals surface area contributed by atoms with E-state index in [1.165, 1.54) is 19.3 Å². The molecule has 0 radical (unpaired) electrons. The predicted octanol–water partition coefficient (Wildman–Crippen LogP) is 2.74. The van der Waals surface area contributed by atoms with Crippen molar-refractivity contribution in [2.75, 3.05) is 37.7 Å². The molecule has 7 heteroatoms. The molecule has 1 aromatic carbocycles. The van der Waals surface area contributed by atoms with Crippen LogP contribution in [0, 0.1) is 0 Å². The van der Waals surface area contributed by atoms with E-state index in [0.29, 0.717) is 18.8 Å². The molecule has 1 saturated heterocycles. The average molecular weight is 397 g/mol. The minimum Gasteiger partial charge on any atom is -0.482 e. The summed E-state index contributed by atoms with van der Waals surface area (Å²) in [6, 6.07) is 11.3. The van der Waals surface area contributed by atoms with E-state index in [1.54, 1.807) is 11.2 Å². The molecule has 1 aromatic heterocycles. The van der Waals surface area contributed by atoms with E-state index in [1.807, 2.05) is 36.4 Å². The quantitative estimate of drug-likeness (QED) is 0.778. The number of ether oxygens (including phenoxy) is 1. The maximum Gasteiger partial charge on any atom is 0.265 e. The fraction of sp³-hybridized carbons (Fsp3) is 0.455. The van der Waals surface area contributed by atoms with Crippen LogP contribution in [-0.4, -0.2) is 49.5 Å². The highest BCUT2D eigenvalue weighted by molar-refractivity contribution is 5.98. The topological polar surface area (TPSA) is 75.0 Å². The Balaban J connectivity index is 1.34. The molecule has 1 N–H and O–H groups in total. The number of fused-ring (bicyclic) bond motifs is 1. The predicted molar refractivity (Wildman–Crippen MR) is 109 cm³/mol. The van der Waals surface area contributed by atoms with Gasteiger partial charge in [0.1, 0.15) is 11.5 Å². The summed E-state index contributed by atoms with van der Waals surface area (Å²) in [5.74, 6) is 1.36. The van der Waals surface area contributed by atoms with Gasteiger partial charge in [-0.15, -0.1) is 0 Å². The first-order valence-corrected chi connectivity index (χ1v) is 10.3. The van der Waals surface area contributed by atoms with E-state index >= 15 is 0 Å². The normalized spacial score (nSPS) is 18.1. The van der Waals surface area contributed by atoms with Gasteiger partial charge in [0.15, 0.2) is 6.61 Å². The van der Waals surface area contributed by atoms with Gasteiger partial charge in [-0.3, -0.25) is 14.5 Å². The number of anilines is 1. The van der Waals surface area contributed by atoms with Crippen LogP contribution in [0.1, 0.15) is 37.5 Å². The summed E-state index contributed by atoms with van der Waals surface area (Å²) in [5, 5.41) is 3.04. The third-order valence-corrected chi connectivity index (χ3v) is 5.57. The molecule has 2 aliphatic heterocycles. The van der Waals surface area contributed by atoms with Gasteiger partial charge < -0.3 is 19.4 Å². The van der Waals surface area contributed by atoms with Crippen LogP contribution < -0.4 is 15.0 Å². The van der Waals surface area contributed by atoms with Crippen LogP contribution in [0.4, 0.5) is 5.69 Å². The van der Waals surface area contributed by atoms with Crippen LogP contribution in [-0.2, 0) is 9.59 Å². The summed E-state index contributed by atoms with van der Waals surface area (Å²) in [4.78, 5) is 28.8. The van der Waals surface area contributed by atoms with Gasteiger partial charge in [-0.2, -0.15) is 0 Å². The molecule has 1 unspecified atom stereocenters. The lowest BCUT2D eigenvalue weighted by molar-refractivity contribution is -0.122. The Hall–Kier alpha value is -2.80. The van der Waals surface area contributed by atoms with Gasteiger partial charge >= 0.3 is 0 Å². The number of rotatable bonds is 7. The Morgan fingerprint density at radius 1 is 1.10 bits per heavy atom. The number of furan rings is 1. The third kappa shape index (κ3) is 4.62. The highest BCUT2D eigenvalue weighted by Gasteiger charge is 2.27. The number of carbonyl (C=O) groups excluding carboxylic acids is 2. The van der Waals surface area contributed by atoms with Gasteiger partial charge in [0, 0.05) is 19.5 Å². The lowest BCUT2D eigenvalue weighted by atomic mass is 10.1. The fourth-order valence-corrected chi connectivity index (χ4v) is 4.03. The zero-order chi connectivity index (χ0) is 20.1. The smallest absolute Gasteiger partial charge is 0.265 e. The molecular weight excluding hydrogens is 370 g/mol. The van der Waals surface area contributed by atoms with Crippen LogP contribution in [0.25, 0.3) is 0 Å². The fourth-order valence-electron chi connectivity index (χ4n) is 4.03. The number of carbonyl (C=O) groups is 2. The second-order valence-corrected chi connectivity index (χ2v) is 7.48. The van der Waals surface area contributed by atoms with Crippen molar-refractivity contribution in [3.8, 4) is 5.75 Å². The van der Waals surface area contributed by atoms with Crippen LogP contribution in [0.2, 0.25) is 0 Å². The molecule has 2 aliphatic rings. The highest BCUT2D eigenvalue weighted by Crippen LogP contribution is 2.31. The molecule has 3 heterocycles. The average Bonchev–Trinajstić information content (AvgIpc) is 3.28. The van der Waals surface area contributed by atoms with Crippen molar-refractivity contribution in [3.05, 3.63) is 48.4 Å². The molecule has 0 spiro atoms. The first-order valence-electron chi connectivity index (χ1n) is 10.3. The van der Waals surface area contributed by atoms with E-state index in [-0.39, 0.29) is 30.9 Å². The number of benzene rings is 1. The van der Waals surface area contributed by atoms with Crippen LogP contribution in [0.5, 0.6) is 5.75 Å². The van der Waals surface area contributed by atoms with Crippen molar-refractivity contribution < 1.29 is 18.7 Å². The standard InChI is InChI=1S/C22H27N3O4/c26-21(10-13-25-17-7-2-3-8-19(17)29-16-22(25)27)23-15-18(20-9-6-14-28-20)24-11-4-1-5-12-24/h2-3,6-9,14,18H,1,4-5,10-13,15-16H2,(H,23,26). The maximum absolute atomic E-state index is 12.5. The molecule has 2 amide bonds. The first-order chi connectivity index (χ1) is 14.2.